The predicted octanol–water partition coefficient (Wildman–Crippen LogP) is 1.08. The second-order valence-electron chi connectivity index (χ2n) is 4.49. The molecule has 2 heterocycles. The zero-order valence-corrected chi connectivity index (χ0v) is 12.5. The minimum atomic E-state index is -0.556. The van der Waals surface area contributed by atoms with Crippen LogP contribution in [0.4, 0.5) is 11.6 Å². The summed E-state index contributed by atoms with van der Waals surface area (Å²) >= 11 is 0. The van der Waals surface area contributed by atoms with Gasteiger partial charge in [-0.15, -0.1) is 5.10 Å². The molecule has 0 aliphatic rings. The number of anilines is 2. The molecule has 2 aromatic heterocycles. The monoisotopic (exact) mass is 290 g/mol. The van der Waals surface area contributed by atoms with Crippen molar-refractivity contribution in [2.45, 2.75) is 20.8 Å². The first-order chi connectivity index (χ1) is 9.97. The molecule has 0 aliphatic heterocycles. The highest BCUT2D eigenvalue weighted by Crippen LogP contribution is 2.24. The largest absolute Gasteiger partial charge is 0.465 e. The maximum Gasteiger partial charge on any atom is 0.345 e. The van der Waals surface area contributed by atoms with E-state index in [1.807, 2.05) is 26.8 Å². The Morgan fingerprint density at radius 3 is 2.52 bits per heavy atom. The molecule has 0 bridgehead atoms. The molecule has 0 atom stereocenters. The number of ether oxygens (including phenoxy) is 1. The molecular formula is C13H18N6O2. The molecule has 0 unspecified atom stereocenters. The molecule has 8 nitrogen and oxygen atoms in total. The van der Waals surface area contributed by atoms with Crippen molar-refractivity contribution in [3.63, 3.8) is 0 Å². The van der Waals surface area contributed by atoms with Crippen molar-refractivity contribution in [1.82, 2.24) is 19.7 Å². The molecule has 0 radical (unpaired) electrons. The summed E-state index contributed by atoms with van der Waals surface area (Å²) < 4.78 is 6.09. The minimum Gasteiger partial charge on any atom is -0.465 e. The van der Waals surface area contributed by atoms with Crippen molar-refractivity contribution < 1.29 is 9.53 Å². The quantitative estimate of drug-likeness (QED) is 0.811. The highest BCUT2D eigenvalue weighted by Gasteiger charge is 2.24. The number of methoxy groups -OCH3 is 1. The number of aromatic nitrogens is 4. The molecule has 0 saturated carbocycles. The first-order valence-corrected chi connectivity index (χ1v) is 6.51. The van der Waals surface area contributed by atoms with Crippen molar-refractivity contribution in [2.75, 3.05) is 24.7 Å². The smallest absolute Gasteiger partial charge is 0.345 e. The van der Waals surface area contributed by atoms with E-state index >= 15 is 0 Å². The van der Waals surface area contributed by atoms with E-state index in [2.05, 4.69) is 20.4 Å². The van der Waals surface area contributed by atoms with Gasteiger partial charge in [0, 0.05) is 17.9 Å². The average molecular weight is 290 g/mol. The summed E-state index contributed by atoms with van der Waals surface area (Å²) in [6.45, 7) is 6.19. The summed E-state index contributed by atoms with van der Waals surface area (Å²) in [6.07, 6.45) is 0. The number of aryl methyl sites for hydroxylation is 2. The normalized spacial score (nSPS) is 10.5. The molecule has 0 amide bonds. The number of hydrogen-bond acceptors (Lipinski definition) is 7. The van der Waals surface area contributed by atoms with Crippen LogP contribution >= 0.6 is 0 Å². The van der Waals surface area contributed by atoms with Gasteiger partial charge in [-0.05, 0) is 26.8 Å². The Morgan fingerprint density at radius 2 is 2.00 bits per heavy atom. The van der Waals surface area contributed by atoms with Gasteiger partial charge in [0.05, 0.1) is 7.11 Å². The average Bonchev–Trinajstić information content (AvgIpc) is 2.74. The van der Waals surface area contributed by atoms with Gasteiger partial charge in [-0.1, -0.05) is 0 Å². The molecule has 0 saturated heterocycles. The number of nitrogen functional groups attached to an aromatic ring is 1. The molecule has 2 aromatic rings. The summed E-state index contributed by atoms with van der Waals surface area (Å²) in [7, 11) is 1.29. The molecule has 0 fully saturated rings. The van der Waals surface area contributed by atoms with Gasteiger partial charge in [0.1, 0.15) is 11.4 Å². The van der Waals surface area contributed by atoms with Crippen molar-refractivity contribution >= 4 is 17.6 Å². The van der Waals surface area contributed by atoms with Gasteiger partial charge in [0.15, 0.2) is 5.82 Å². The van der Waals surface area contributed by atoms with E-state index in [1.54, 1.807) is 0 Å². The minimum absolute atomic E-state index is 0.141. The van der Waals surface area contributed by atoms with Crippen LogP contribution in [0.15, 0.2) is 6.07 Å². The highest BCUT2D eigenvalue weighted by atomic mass is 16.5. The Morgan fingerprint density at radius 1 is 1.38 bits per heavy atom. The molecule has 8 heteroatoms. The first kappa shape index (κ1) is 14.8. The topological polar surface area (TPSA) is 108 Å². The molecule has 0 spiro atoms. The van der Waals surface area contributed by atoms with Crippen molar-refractivity contribution in [3.05, 3.63) is 23.0 Å². The van der Waals surface area contributed by atoms with Crippen LogP contribution in [-0.4, -0.2) is 39.4 Å². The third-order valence-electron chi connectivity index (χ3n) is 2.81. The predicted molar refractivity (Wildman–Crippen MR) is 78.5 cm³/mol. The van der Waals surface area contributed by atoms with Crippen molar-refractivity contribution in [3.8, 4) is 5.95 Å². The lowest BCUT2D eigenvalue weighted by molar-refractivity contribution is 0.0603. The summed E-state index contributed by atoms with van der Waals surface area (Å²) in [5, 5.41) is 7.26. The second-order valence-corrected chi connectivity index (χ2v) is 4.49. The lowest BCUT2D eigenvalue weighted by Gasteiger charge is -2.04. The fraction of sp³-hybridized carbons (Fsp3) is 0.385. The van der Waals surface area contributed by atoms with Crippen LogP contribution in [0, 0.1) is 13.8 Å². The molecule has 3 N–H and O–H groups in total. The summed E-state index contributed by atoms with van der Waals surface area (Å²) in [6, 6.07) is 1.84. The molecule has 0 aromatic carbocycles. The molecule has 2 rings (SSSR count). The van der Waals surface area contributed by atoms with Gasteiger partial charge in [0.25, 0.3) is 5.95 Å². The van der Waals surface area contributed by atoms with Gasteiger partial charge < -0.3 is 15.8 Å². The van der Waals surface area contributed by atoms with E-state index in [0.717, 1.165) is 11.4 Å². The third-order valence-corrected chi connectivity index (χ3v) is 2.81. The maximum atomic E-state index is 11.9. The van der Waals surface area contributed by atoms with Gasteiger partial charge in [-0.3, -0.25) is 0 Å². The van der Waals surface area contributed by atoms with Crippen LogP contribution < -0.4 is 11.1 Å². The maximum absolute atomic E-state index is 11.9. The Labute approximate surface area is 122 Å². The summed E-state index contributed by atoms with van der Waals surface area (Å²) in [5.74, 6) is 0.255. The van der Waals surface area contributed by atoms with E-state index < -0.39 is 5.97 Å². The molecule has 0 aliphatic carbocycles. The highest BCUT2D eigenvalue weighted by molar-refractivity contribution is 5.99. The molecular weight excluding hydrogens is 272 g/mol. The number of rotatable bonds is 4. The second kappa shape index (κ2) is 5.78. The Kier molecular flexibility index (Phi) is 4.06. The molecule has 21 heavy (non-hydrogen) atoms. The van der Waals surface area contributed by atoms with E-state index in [4.69, 9.17) is 10.5 Å². The zero-order valence-electron chi connectivity index (χ0n) is 12.5. The number of carbonyl (C=O) groups is 1. The van der Waals surface area contributed by atoms with Crippen LogP contribution in [0.2, 0.25) is 0 Å². The van der Waals surface area contributed by atoms with Crippen LogP contribution in [0.25, 0.3) is 5.95 Å². The molecule has 112 valence electrons. The number of nitrogens with one attached hydrogen (secondary N) is 1. The Hall–Kier alpha value is -2.64. The number of nitrogens with two attached hydrogens (primary N) is 1. The fourth-order valence-electron chi connectivity index (χ4n) is 1.98. The van der Waals surface area contributed by atoms with Gasteiger partial charge in [-0.25, -0.2) is 14.8 Å². The standard InChI is InChI=1S/C13H18N6O2/c1-5-15-11-9(12(20)21-4)10(14)19(18-11)13-16-7(2)6-8(3)17-13/h6H,5,14H2,1-4H3,(H,15,18). The summed E-state index contributed by atoms with van der Waals surface area (Å²) in [5.41, 5.74) is 7.78. The van der Waals surface area contributed by atoms with Crippen LogP contribution in [0.1, 0.15) is 28.7 Å². The Balaban J connectivity index is 2.61. The zero-order chi connectivity index (χ0) is 15.6. The van der Waals surface area contributed by atoms with E-state index in [-0.39, 0.29) is 11.4 Å². The van der Waals surface area contributed by atoms with Crippen molar-refractivity contribution in [2.24, 2.45) is 0 Å². The summed E-state index contributed by atoms with van der Waals surface area (Å²) in [4.78, 5) is 20.5. The van der Waals surface area contributed by atoms with Crippen LogP contribution in [0.3, 0.4) is 0 Å². The van der Waals surface area contributed by atoms with Gasteiger partial charge in [0.2, 0.25) is 0 Å². The van der Waals surface area contributed by atoms with Crippen LogP contribution in [-0.2, 0) is 4.74 Å². The van der Waals surface area contributed by atoms with E-state index in [9.17, 15) is 4.79 Å². The number of esters is 1. The number of hydrogen-bond donors (Lipinski definition) is 2. The van der Waals surface area contributed by atoms with Gasteiger partial charge in [-0.2, -0.15) is 4.68 Å². The Bertz CT molecular complexity index is 659. The number of nitrogens with zero attached hydrogens (tertiary/aromatic N) is 4. The van der Waals surface area contributed by atoms with E-state index in [1.165, 1.54) is 11.8 Å². The third kappa shape index (κ3) is 2.78. The van der Waals surface area contributed by atoms with Crippen LogP contribution in [0.5, 0.6) is 0 Å². The fourth-order valence-corrected chi connectivity index (χ4v) is 1.98. The first-order valence-electron chi connectivity index (χ1n) is 6.51. The van der Waals surface area contributed by atoms with Gasteiger partial charge >= 0.3 is 5.97 Å². The SMILES string of the molecule is CCNc1nn(-c2nc(C)cc(C)n2)c(N)c1C(=O)OC. The van der Waals surface area contributed by atoms with Crippen molar-refractivity contribution in [1.29, 1.82) is 0 Å². The van der Waals surface area contributed by atoms with E-state index in [0.29, 0.717) is 18.3 Å². The number of carbonyl (C=O) groups excluding carboxylic acids is 1. The lowest BCUT2D eigenvalue weighted by Crippen LogP contribution is -2.10. The lowest BCUT2D eigenvalue weighted by atomic mass is 10.3.